The lowest BCUT2D eigenvalue weighted by Gasteiger charge is -2.19. The van der Waals surface area contributed by atoms with E-state index in [1.54, 1.807) is 0 Å². The van der Waals surface area contributed by atoms with Gasteiger partial charge in [-0.3, -0.25) is 0 Å². The lowest BCUT2D eigenvalue weighted by Crippen LogP contribution is -2.14. The lowest BCUT2D eigenvalue weighted by atomic mass is 9.90. The number of fused-ring (bicyclic) bond motifs is 1. The number of carbonyl (C=O) groups is 1. The molecule has 0 radical (unpaired) electrons. The Morgan fingerprint density at radius 1 is 1.54 bits per heavy atom. The van der Waals surface area contributed by atoms with E-state index in [0.717, 1.165) is 18.4 Å². The number of esters is 1. The minimum atomic E-state index is -0.209. The van der Waals surface area contributed by atoms with Crippen molar-refractivity contribution in [1.29, 1.82) is 0 Å². The predicted octanol–water partition coefficient (Wildman–Crippen LogP) is 1.43. The average Bonchev–Trinajstić information content (AvgIpc) is 2.60. The summed E-state index contributed by atoms with van der Waals surface area (Å²) in [7, 11) is 1.42. The first-order valence-electron chi connectivity index (χ1n) is 4.74. The van der Waals surface area contributed by atoms with Gasteiger partial charge in [-0.15, -0.1) is 0 Å². The summed E-state index contributed by atoms with van der Waals surface area (Å²) in [6, 6.07) is 0. The molecule has 1 saturated carbocycles. The normalized spacial score (nSPS) is 27.3. The van der Waals surface area contributed by atoms with E-state index >= 15 is 0 Å². The van der Waals surface area contributed by atoms with Crippen LogP contribution in [0.1, 0.15) is 25.7 Å². The summed E-state index contributed by atoms with van der Waals surface area (Å²) in [5.41, 5.74) is 1.96. The highest BCUT2D eigenvalue weighted by atomic mass is 16.5. The average molecular weight is 182 g/mol. The Labute approximate surface area is 77.7 Å². The maximum atomic E-state index is 11.3. The molecule has 3 nitrogen and oxygen atoms in total. The largest absolute Gasteiger partial charge is 0.466 e. The van der Waals surface area contributed by atoms with Crippen molar-refractivity contribution < 1.29 is 14.3 Å². The zero-order valence-corrected chi connectivity index (χ0v) is 7.84. The zero-order valence-electron chi connectivity index (χ0n) is 7.84. The first-order chi connectivity index (χ1) is 6.33. The molecule has 3 heteroatoms. The molecule has 2 rings (SSSR count). The van der Waals surface area contributed by atoms with Crippen LogP contribution in [0, 0.1) is 0 Å². The molecular weight excluding hydrogens is 168 g/mol. The standard InChI is InChI=1S/C10H14O3/c1-12-10(11)8-6-13-9-5-3-2-4-7(8)9/h9H,2-6H2,1H3. The summed E-state index contributed by atoms with van der Waals surface area (Å²) < 4.78 is 10.2. The smallest absolute Gasteiger partial charge is 0.336 e. The number of carbonyl (C=O) groups excluding carboxylic acids is 1. The molecule has 0 bridgehead atoms. The second kappa shape index (κ2) is 3.50. The Morgan fingerprint density at radius 3 is 3.15 bits per heavy atom. The minimum Gasteiger partial charge on any atom is -0.466 e. The molecule has 2 aliphatic rings. The van der Waals surface area contributed by atoms with Gasteiger partial charge in [-0.25, -0.2) is 4.79 Å². The predicted molar refractivity (Wildman–Crippen MR) is 47.3 cm³/mol. The van der Waals surface area contributed by atoms with Crippen molar-refractivity contribution in [1.82, 2.24) is 0 Å². The summed E-state index contributed by atoms with van der Waals surface area (Å²) in [6.07, 6.45) is 4.67. The number of methoxy groups -OCH3 is 1. The van der Waals surface area contributed by atoms with Crippen molar-refractivity contribution in [2.75, 3.05) is 13.7 Å². The monoisotopic (exact) mass is 182 g/mol. The fourth-order valence-corrected chi connectivity index (χ4v) is 2.10. The van der Waals surface area contributed by atoms with E-state index in [1.165, 1.54) is 25.5 Å². The van der Waals surface area contributed by atoms with Crippen LogP contribution in [-0.4, -0.2) is 25.8 Å². The van der Waals surface area contributed by atoms with Gasteiger partial charge in [0.2, 0.25) is 0 Å². The Kier molecular flexibility index (Phi) is 2.36. The van der Waals surface area contributed by atoms with Gasteiger partial charge in [-0.05, 0) is 24.8 Å². The lowest BCUT2D eigenvalue weighted by molar-refractivity contribution is -0.136. The number of hydrogen-bond donors (Lipinski definition) is 0. The molecule has 72 valence electrons. The summed E-state index contributed by atoms with van der Waals surface area (Å²) >= 11 is 0. The van der Waals surface area contributed by atoms with Crippen LogP contribution in [0.15, 0.2) is 11.1 Å². The van der Waals surface area contributed by atoms with Gasteiger partial charge in [0, 0.05) is 0 Å². The highest BCUT2D eigenvalue weighted by molar-refractivity contribution is 5.90. The van der Waals surface area contributed by atoms with E-state index < -0.39 is 0 Å². The molecular formula is C10H14O3. The van der Waals surface area contributed by atoms with Gasteiger partial charge in [-0.2, -0.15) is 0 Å². The Bertz CT molecular complexity index is 255. The number of ether oxygens (including phenoxy) is 2. The zero-order chi connectivity index (χ0) is 9.26. The Balaban J connectivity index is 2.20. The van der Waals surface area contributed by atoms with E-state index in [2.05, 4.69) is 0 Å². The van der Waals surface area contributed by atoms with Crippen LogP contribution in [-0.2, 0) is 14.3 Å². The van der Waals surface area contributed by atoms with Crippen LogP contribution in [0.5, 0.6) is 0 Å². The Morgan fingerprint density at radius 2 is 2.38 bits per heavy atom. The highest BCUT2D eigenvalue weighted by Gasteiger charge is 2.31. The molecule has 0 aromatic rings. The van der Waals surface area contributed by atoms with Crippen molar-refractivity contribution in [3.8, 4) is 0 Å². The first kappa shape index (κ1) is 8.75. The van der Waals surface area contributed by atoms with Gasteiger partial charge in [0.1, 0.15) is 0 Å². The third-order valence-electron chi connectivity index (χ3n) is 2.80. The van der Waals surface area contributed by atoms with E-state index in [1.807, 2.05) is 0 Å². The van der Waals surface area contributed by atoms with Crippen LogP contribution in [0.25, 0.3) is 0 Å². The highest BCUT2D eigenvalue weighted by Crippen LogP contribution is 2.33. The molecule has 1 aliphatic heterocycles. The molecule has 0 N–H and O–H groups in total. The van der Waals surface area contributed by atoms with Crippen LogP contribution in [0.2, 0.25) is 0 Å². The van der Waals surface area contributed by atoms with Crippen molar-refractivity contribution in [2.45, 2.75) is 31.8 Å². The molecule has 0 amide bonds. The van der Waals surface area contributed by atoms with Crippen LogP contribution in [0.3, 0.4) is 0 Å². The minimum absolute atomic E-state index is 0.209. The van der Waals surface area contributed by atoms with Crippen molar-refractivity contribution in [3.05, 3.63) is 11.1 Å². The topological polar surface area (TPSA) is 35.5 Å². The molecule has 0 aromatic carbocycles. The van der Waals surface area contributed by atoms with Gasteiger partial charge in [0.15, 0.2) is 0 Å². The van der Waals surface area contributed by atoms with Crippen molar-refractivity contribution >= 4 is 5.97 Å². The summed E-state index contributed by atoms with van der Waals surface area (Å²) in [4.78, 5) is 11.3. The molecule has 1 heterocycles. The van der Waals surface area contributed by atoms with Crippen LogP contribution in [0.4, 0.5) is 0 Å². The van der Waals surface area contributed by atoms with Gasteiger partial charge in [-0.1, -0.05) is 6.42 Å². The SMILES string of the molecule is COC(=O)C1=C2CCCCC2OC1. The number of hydrogen-bond acceptors (Lipinski definition) is 3. The molecule has 1 unspecified atom stereocenters. The first-order valence-corrected chi connectivity index (χ1v) is 4.74. The summed E-state index contributed by atoms with van der Waals surface area (Å²) in [5, 5.41) is 0. The van der Waals surface area contributed by atoms with Gasteiger partial charge in [0.05, 0.1) is 25.4 Å². The van der Waals surface area contributed by atoms with Gasteiger partial charge < -0.3 is 9.47 Å². The van der Waals surface area contributed by atoms with E-state index in [-0.39, 0.29) is 12.1 Å². The number of rotatable bonds is 1. The third-order valence-corrected chi connectivity index (χ3v) is 2.80. The molecule has 13 heavy (non-hydrogen) atoms. The summed E-state index contributed by atoms with van der Waals surface area (Å²) in [6.45, 7) is 0.451. The molecule has 1 aliphatic carbocycles. The van der Waals surface area contributed by atoms with Crippen LogP contribution < -0.4 is 0 Å². The van der Waals surface area contributed by atoms with Crippen LogP contribution >= 0.6 is 0 Å². The summed E-state index contributed by atoms with van der Waals surface area (Å²) in [5.74, 6) is -0.209. The fraction of sp³-hybridized carbons (Fsp3) is 0.700. The molecule has 0 aromatic heterocycles. The second-order valence-corrected chi connectivity index (χ2v) is 3.54. The van der Waals surface area contributed by atoms with Crippen molar-refractivity contribution in [2.24, 2.45) is 0 Å². The molecule has 0 saturated heterocycles. The second-order valence-electron chi connectivity index (χ2n) is 3.54. The van der Waals surface area contributed by atoms with E-state index in [9.17, 15) is 4.79 Å². The van der Waals surface area contributed by atoms with Gasteiger partial charge in [0.25, 0.3) is 0 Å². The van der Waals surface area contributed by atoms with Gasteiger partial charge >= 0.3 is 5.97 Å². The Hall–Kier alpha value is -0.830. The molecule has 0 spiro atoms. The van der Waals surface area contributed by atoms with E-state index in [4.69, 9.17) is 9.47 Å². The fourth-order valence-electron chi connectivity index (χ4n) is 2.10. The van der Waals surface area contributed by atoms with E-state index in [0.29, 0.717) is 6.61 Å². The van der Waals surface area contributed by atoms with Crippen molar-refractivity contribution in [3.63, 3.8) is 0 Å². The third kappa shape index (κ3) is 1.48. The molecule has 1 fully saturated rings. The molecule has 1 atom stereocenters. The quantitative estimate of drug-likeness (QED) is 0.575. The maximum absolute atomic E-state index is 11.3. The maximum Gasteiger partial charge on any atom is 0.336 e.